The average Bonchev–Trinajstić information content (AvgIpc) is 3.56. The van der Waals surface area contributed by atoms with Crippen LogP contribution in [0.25, 0.3) is 0 Å². The largest absolute Gasteiger partial charge is 0.449 e. The maximum atomic E-state index is 13.3. The zero-order chi connectivity index (χ0) is 29.1. The highest BCUT2D eigenvalue weighted by Crippen LogP contribution is 2.52. The van der Waals surface area contributed by atoms with Crippen molar-refractivity contribution < 1.29 is 29.0 Å². The minimum absolute atomic E-state index is 0.122. The van der Waals surface area contributed by atoms with Crippen LogP contribution < -0.4 is 27.0 Å². The molecule has 0 saturated heterocycles. The van der Waals surface area contributed by atoms with Crippen LogP contribution in [-0.2, 0) is 20.9 Å². The fraction of sp³-hybridized carbons (Fsp3) is 0.586. The lowest BCUT2D eigenvalue weighted by Crippen LogP contribution is -2.54. The Morgan fingerprint density at radius 3 is 2.25 bits per heavy atom. The van der Waals surface area contributed by atoms with E-state index < -0.39 is 36.0 Å². The number of alkyl carbamates (subject to hydrolysis) is 1. The van der Waals surface area contributed by atoms with E-state index in [0.717, 1.165) is 25.7 Å². The van der Waals surface area contributed by atoms with Crippen molar-refractivity contribution in [2.24, 2.45) is 29.4 Å². The SMILES string of the molecule is CC(C)[C@H](NC(=O)OCC1[C@H]2CCC#CCC[C@@H]12)C(=O)N[C@@H](CCCNC(N)=O)C(=O)Nc1ccc(CO)cc1. The highest BCUT2D eigenvalue weighted by Gasteiger charge is 2.49. The lowest BCUT2D eigenvalue weighted by molar-refractivity contribution is -0.128. The van der Waals surface area contributed by atoms with Gasteiger partial charge in [-0.25, -0.2) is 9.59 Å². The second-order valence-electron chi connectivity index (χ2n) is 10.7. The summed E-state index contributed by atoms with van der Waals surface area (Å²) in [4.78, 5) is 50.0. The molecule has 0 spiro atoms. The summed E-state index contributed by atoms with van der Waals surface area (Å²) in [6, 6.07) is 4.12. The van der Waals surface area contributed by atoms with E-state index in [1.54, 1.807) is 38.1 Å². The van der Waals surface area contributed by atoms with E-state index in [9.17, 15) is 24.3 Å². The second-order valence-corrected chi connectivity index (χ2v) is 10.7. The van der Waals surface area contributed by atoms with Crippen molar-refractivity contribution in [1.82, 2.24) is 16.0 Å². The Kier molecular flexibility index (Phi) is 11.6. The zero-order valence-corrected chi connectivity index (χ0v) is 23.2. The molecule has 2 aliphatic carbocycles. The van der Waals surface area contributed by atoms with Gasteiger partial charge in [0.1, 0.15) is 12.1 Å². The molecule has 0 bridgehead atoms. The van der Waals surface area contributed by atoms with Gasteiger partial charge in [-0.1, -0.05) is 26.0 Å². The van der Waals surface area contributed by atoms with Gasteiger partial charge in [0.05, 0.1) is 13.2 Å². The highest BCUT2D eigenvalue weighted by atomic mass is 16.5. The maximum absolute atomic E-state index is 13.3. The highest BCUT2D eigenvalue weighted by molar-refractivity contribution is 5.98. The fourth-order valence-corrected chi connectivity index (χ4v) is 5.13. The van der Waals surface area contributed by atoms with E-state index in [-0.39, 0.29) is 25.5 Å². The summed E-state index contributed by atoms with van der Waals surface area (Å²) in [5.41, 5.74) is 6.31. The predicted octanol–water partition coefficient (Wildman–Crippen LogP) is 2.24. The number of rotatable bonds is 13. The number of nitrogens with one attached hydrogen (secondary N) is 4. The van der Waals surface area contributed by atoms with Gasteiger partial charge in [-0.15, -0.1) is 11.8 Å². The van der Waals surface area contributed by atoms with Crippen molar-refractivity contribution in [2.45, 2.75) is 71.1 Å². The van der Waals surface area contributed by atoms with Gasteiger partial charge in [-0.3, -0.25) is 9.59 Å². The van der Waals surface area contributed by atoms with E-state index in [0.29, 0.717) is 42.0 Å². The van der Waals surface area contributed by atoms with Gasteiger partial charge in [0.15, 0.2) is 0 Å². The molecule has 0 heterocycles. The second kappa shape index (κ2) is 15.1. The number of benzene rings is 1. The Hall–Kier alpha value is -3.78. The number of hydrogen-bond donors (Lipinski definition) is 6. The first-order valence-corrected chi connectivity index (χ1v) is 13.9. The molecule has 0 radical (unpaired) electrons. The van der Waals surface area contributed by atoms with E-state index >= 15 is 0 Å². The Bertz CT molecular complexity index is 1080. The number of carbonyl (C=O) groups excluding carboxylic acids is 4. The quantitative estimate of drug-likeness (QED) is 0.161. The molecule has 2 aliphatic rings. The van der Waals surface area contributed by atoms with Crippen molar-refractivity contribution in [2.75, 3.05) is 18.5 Å². The van der Waals surface area contributed by atoms with Gasteiger partial charge in [0.25, 0.3) is 0 Å². The summed E-state index contributed by atoms with van der Waals surface area (Å²) in [5.74, 6) is 6.49. The summed E-state index contributed by atoms with van der Waals surface area (Å²) >= 11 is 0. The van der Waals surface area contributed by atoms with Crippen LogP contribution in [-0.4, -0.2) is 54.3 Å². The molecule has 0 aromatic heterocycles. The van der Waals surface area contributed by atoms with Crippen LogP contribution in [0.15, 0.2) is 24.3 Å². The van der Waals surface area contributed by atoms with Crippen LogP contribution in [0.5, 0.6) is 0 Å². The number of primary amides is 1. The summed E-state index contributed by atoms with van der Waals surface area (Å²) in [6.07, 6.45) is 3.72. The van der Waals surface area contributed by atoms with Gasteiger partial charge < -0.3 is 36.8 Å². The number of ether oxygens (including phenoxy) is 1. The van der Waals surface area contributed by atoms with Crippen molar-refractivity contribution in [3.05, 3.63) is 29.8 Å². The molecule has 218 valence electrons. The number of urea groups is 1. The first-order valence-electron chi connectivity index (χ1n) is 13.9. The number of amides is 5. The van der Waals surface area contributed by atoms with Crippen molar-refractivity contribution in [3.63, 3.8) is 0 Å². The topological polar surface area (TPSA) is 172 Å². The van der Waals surface area contributed by atoms with E-state index in [2.05, 4.69) is 33.1 Å². The molecule has 1 aromatic carbocycles. The van der Waals surface area contributed by atoms with E-state index in [4.69, 9.17) is 10.5 Å². The van der Waals surface area contributed by atoms with Crippen molar-refractivity contribution in [3.8, 4) is 11.8 Å². The summed E-state index contributed by atoms with van der Waals surface area (Å²) in [5, 5.41) is 19.9. The van der Waals surface area contributed by atoms with Gasteiger partial charge in [0, 0.05) is 25.1 Å². The third-order valence-electron chi connectivity index (χ3n) is 7.47. The molecular formula is C29H41N5O6. The first-order chi connectivity index (χ1) is 19.2. The molecule has 5 amide bonds. The normalized spacial score (nSPS) is 20.8. The fourth-order valence-electron chi connectivity index (χ4n) is 5.13. The number of carbonyl (C=O) groups is 4. The van der Waals surface area contributed by atoms with Crippen LogP contribution in [0.1, 0.15) is 57.9 Å². The number of hydrogen-bond acceptors (Lipinski definition) is 6. The summed E-state index contributed by atoms with van der Waals surface area (Å²) < 4.78 is 5.50. The Morgan fingerprint density at radius 2 is 1.68 bits per heavy atom. The lowest BCUT2D eigenvalue weighted by Gasteiger charge is -2.25. The standard InChI is InChI=1S/C29H41N5O6/c1-18(2)25(34-29(39)40-17-23-21-8-5-3-4-6-9-22(21)23)27(37)33-24(10-7-15-31-28(30)38)26(36)32-20-13-11-19(16-35)12-14-20/h11-14,18,21-25,35H,5-10,15-17H2,1-2H3,(H,32,36)(H,33,37)(H,34,39)(H3,30,31,38)/t21-,22+,23?,24-,25-/m0/s1. The zero-order valence-electron chi connectivity index (χ0n) is 23.2. The van der Waals surface area contributed by atoms with Gasteiger partial charge in [-0.05, 0) is 67.1 Å². The minimum Gasteiger partial charge on any atom is -0.449 e. The molecule has 7 N–H and O–H groups in total. The number of aliphatic hydroxyl groups is 1. The van der Waals surface area contributed by atoms with Crippen LogP contribution in [0.4, 0.5) is 15.3 Å². The predicted molar refractivity (Wildman–Crippen MR) is 150 cm³/mol. The van der Waals surface area contributed by atoms with E-state index in [1.807, 2.05) is 0 Å². The van der Waals surface area contributed by atoms with Crippen LogP contribution in [0, 0.1) is 35.5 Å². The Balaban J connectivity index is 1.56. The number of nitrogens with two attached hydrogens (primary N) is 1. The number of fused-ring (bicyclic) bond motifs is 1. The molecule has 1 aromatic rings. The molecule has 11 nitrogen and oxygen atoms in total. The van der Waals surface area contributed by atoms with Crippen molar-refractivity contribution in [1.29, 1.82) is 0 Å². The molecule has 40 heavy (non-hydrogen) atoms. The average molecular weight is 556 g/mol. The molecule has 1 fully saturated rings. The van der Waals surface area contributed by atoms with Crippen LogP contribution in [0.3, 0.4) is 0 Å². The third kappa shape index (κ3) is 9.45. The van der Waals surface area contributed by atoms with Crippen LogP contribution in [0.2, 0.25) is 0 Å². The van der Waals surface area contributed by atoms with E-state index in [1.165, 1.54) is 0 Å². The summed E-state index contributed by atoms with van der Waals surface area (Å²) in [7, 11) is 0. The Labute approximate surface area is 235 Å². The number of anilines is 1. The van der Waals surface area contributed by atoms with Crippen LogP contribution >= 0.6 is 0 Å². The van der Waals surface area contributed by atoms with Gasteiger partial charge >= 0.3 is 12.1 Å². The van der Waals surface area contributed by atoms with Crippen molar-refractivity contribution >= 4 is 29.6 Å². The maximum Gasteiger partial charge on any atom is 0.407 e. The molecular weight excluding hydrogens is 514 g/mol. The lowest BCUT2D eigenvalue weighted by atomic mass is 10.0. The summed E-state index contributed by atoms with van der Waals surface area (Å²) in [6.45, 7) is 4.00. The third-order valence-corrected chi connectivity index (χ3v) is 7.47. The van der Waals surface area contributed by atoms with Gasteiger partial charge in [0.2, 0.25) is 11.8 Å². The first kappa shape index (κ1) is 30.8. The number of aliphatic hydroxyl groups excluding tert-OH is 1. The van der Waals surface area contributed by atoms with Gasteiger partial charge in [-0.2, -0.15) is 0 Å². The minimum atomic E-state index is -0.941. The monoisotopic (exact) mass is 555 g/mol. The molecule has 1 saturated carbocycles. The molecule has 0 aliphatic heterocycles. The smallest absolute Gasteiger partial charge is 0.407 e. The molecule has 3 rings (SSSR count). The Morgan fingerprint density at radius 1 is 1.02 bits per heavy atom. The molecule has 11 heteroatoms. The molecule has 1 unspecified atom stereocenters. The molecule has 5 atom stereocenters.